The first-order valence-electron chi connectivity index (χ1n) is 7.51. The minimum absolute atomic E-state index is 0.173. The molecule has 0 radical (unpaired) electrons. The predicted octanol–water partition coefficient (Wildman–Crippen LogP) is 0.123. The van der Waals surface area contributed by atoms with Crippen molar-refractivity contribution in [2.45, 2.75) is 12.0 Å². The van der Waals surface area contributed by atoms with Gasteiger partial charge in [-0.25, -0.2) is 13.4 Å². The Hall–Kier alpha value is -1.67. The van der Waals surface area contributed by atoms with Crippen molar-refractivity contribution in [2.24, 2.45) is 5.92 Å². The van der Waals surface area contributed by atoms with Crippen LogP contribution in [0.2, 0.25) is 0 Å². The highest BCUT2D eigenvalue weighted by molar-refractivity contribution is 7.91. The quantitative estimate of drug-likeness (QED) is 0.757. The zero-order valence-electron chi connectivity index (χ0n) is 13.0. The van der Waals surface area contributed by atoms with Gasteiger partial charge >= 0.3 is 0 Å². The van der Waals surface area contributed by atoms with Crippen LogP contribution in [0.5, 0.6) is 5.88 Å². The van der Waals surface area contributed by atoms with Crippen LogP contribution in [0.4, 0.5) is 0 Å². The monoisotopic (exact) mass is 340 g/mol. The fraction of sp³-hybridized carbons (Fsp3) is 0.600. The minimum atomic E-state index is -3.30. The lowest BCUT2D eigenvalue weighted by Crippen LogP contribution is -2.67. The standard InChI is InChI=1S/C15H20N2O5S/c1-23(19,20)9-14(18)17-10-15(11-17)12(5-7-22-15)8-21-13-4-2-3-6-16-13/h2-4,6,12H,5,7-11H2,1H3/t12-/m1/s1. The number of carbonyl (C=O) groups excluding carboxylic acids is 1. The molecule has 2 aliphatic heterocycles. The van der Waals surface area contributed by atoms with Gasteiger partial charge in [0.1, 0.15) is 11.4 Å². The molecule has 23 heavy (non-hydrogen) atoms. The number of rotatable bonds is 5. The van der Waals surface area contributed by atoms with Gasteiger partial charge in [-0.3, -0.25) is 4.79 Å². The summed E-state index contributed by atoms with van der Waals surface area (Å²) >= 11 is 0. The van der Waals surface area contributed by atoms with Crippen LogP contribution in [0.25, 0.3) is 0 Å². The maximum absolute atomic E-state index is 11.9. The predicted molar refractivity (Wildman–Crippen MR) is 82.8 cm³/mol. The molecule has 1 aromatic rings. The average molecular weight is 340 g/mol. The SMILES string of the molecule is CS(=O)(=O)CC(=O)N1CC2(C1)OCC[C@@H]2COc1ccccn1. The van der Waals surface area contributed by atoms with Crippen molar-refractivity contribution in [3.8, 4) is 5.88 Å². The molecular formula is C15H20N2O5S. The van der Waals surface area contributed by atoms with Crippen molar-refractivity contribution >= 4 is 15.7 Å². The van der Waals surface area contributed by atoms with E-state index in [2.05, 4.69) is 4.98 Å². The van der Waals surface area contributed by atoms with Crippen LogP contribution in [0.15, 0.2) is 24.4 Å². The van der Waals surface area contributed by atoms with Crippen LogP contribution in [0.1, 0.15) is 6.42 Å². The van der Waals surface area contributed by atoms with E-state index in [1.807, 2.05) is 12.1 Å². The molecule has 7 nitrogen and oxygen atoms in total. The third-order valence-electron chi connectivity index (χ3n) is 4.33. The van der Waals surface area contributed by atoms with E-state index in [1.54, 1.807) is 17.2 Å². The number of sulfone groups is 1. The number of hydrogen-bond donors (Lipinski definition) is 0. The van der Waals surface area contributed by atoms with E-state index in [9.17, 15) is 13.2 Å². The van der Waals surface area contributed by atoms with Crippen molar-refractivity contribution in [2.75, 3.05) is 38.3 Å². The van der Waals surface area contributed by atoms with E-state index in [0.717, 1.165) is 12.7 Å². The zero-order valence-corrected chi connectivity index (χ0v) is 13.8. The topological polar surface area (TPSA) is 85.8 Å². The molecule has 0 N–H and O–H groups in total. The van der Waals surface area contributed by atoms with Gasteiger partial charge in [0.05, 0.1) is 19.7 Å². The Morgan fingerprint density at radius 3 is 2.91 bits per heavy atom. The highest BCUT2D eigenvalue weighted by atomic mass is 32.2. The smallest absolute Gasteiger partial charge is 0.237 e. The van der Waals surface area contributed by atoms with Crippen molar-refractivity contribution in [3.05, 3.63) is 24.4 Å². The summed E-state index contributed by atoms with van der Waals surface area (Å²) < 4.78 is 34.0. The maximum atomic E-state index is 11.9. The summed E-state index contributed by atoms with van der Waals surface area (Å²) in [7, 11) is -3.30. The molecule has 0 aliphatic carbocycles. The van der Waals surface area contributed by atoms with Crippen molar-refractivity contribution in [3.63, 3.8) is 0 Å². The van der Waals surface area contributed by atoms with Crippen LogP contribution in [-0.2, 0) is 19.4 Å². The van der Waals surface area contributed by atoms with Crippen molar-refractivity contribution in [1.82, 2.24) is 9.88 Å². The van der Waals surface area contributed by atoms with Crippen LogP contribution < -0.4 is 4.74 Å². The molecule has 126 valence electrons. The Balaban J connectivity index is 1.55. The summed E-state index contributed by atoms with van der Waals surface area (Å²) in [6, 6.07) is 5.48. The van der Waals surface area contributed by atoms with Crippen LogP contribution in [-0.4, -0.2) is 68.1 Å². The van der Waals surface area contributed by atoms with Gasteiger partial charge < -0.3 is 14.4 Å². The van der Waals surface area contributed by atoms with E-state index >= 15 is 0 Å². The molecule has 8 heteroatoms. The van der Waals surface area contributed by atoms with Crippen LogP contribution in [0.3, 0.4) is 0 Å². The Morgan fingerprint density at radius 1 is 1.48 bits per heavy atom. The second-order valence-electron chi connectivity index (χ2n) is 6.20. The van der Waals surface area contributed by atoms with Gasteiger partial charge in [-0.15, -0.1) is 0 Å². The van der Waals surface area contributed by atoms with E-state index in [-0.39, 0.29) is 11.8 Å². The van der Waals surface area contributed by atoms with Gasteiger partial charge in [0.2, 0.25) is 11.8 Å². The molecule has 2 fully saturated rings. The first-order chi connectivity index (χ1) is 10.9. The van der Waals surface area contributed by atoms with Crippen LogP contribution >= 0.6 is 0 Å². The molecule has 2 saturated heterocycles. The highest BCUT2D eigenvalue weighted by Gasteiger charge is 2.54. The lowest BCUT2D eigenvalue weighted by molar-refractivity contribution is -0.164. The normalized spacial score (nSPS) is 22.8. The molecule has 1 aromatic heterocycles. The summed E-state index contributed by atoms with van der Waals surface area (Å²) in [6.45, 7) is 1.96. The number of carbonyl (C=O) groups is 1. The Labute approximate surface area is 135 Å². The summed E-state index contributed by atoms with van der Waals surface area (Å²) in [5.41, 5.74) is -0.401. The minimum Gasteiger partial charge on any atom is -0.477 e. The largest absolute Gasteiger partial charge is 0.477 e. The Kier molecular flexibility index (Phi) is 4.29. The molecule has 3 rings (SSSR count). The summed E-state index contributed by atoms with van der Waals surface area (Å²) in [5.74, 6) is -0.0678. The average Bonchev–Trinajstić information content (AvgIpc) is 2.86. The van der Waals surface area contributed by atoms with Crippen molar-refractivity contribution < 1.29 is 22.7 Å². The molecule has 0 unspecified atom stereocenters. The molecule has 3 heterocycles. The number of aromatic nitrogens is 1. The number of likely N-dealkylation sites (tertiary alicyclic amines) is 1. The first kappa shape index (κ1) is 16.2. The second kappa shape index (κ2) is 6.09. The van der Waals surface area contributed by atoms with E-state index < -0.39 is 21.2 Å². The van der Waals surface area contributed by atoms with Gasteiger partial charge in [-0.2, -0.15) is 0 Å². The fourth-order valence-corrected chi connectivity index (χ4v) is 3.71. The molecule has 2 aliphatic rings. The second-order valence-corrected chi connectivity index (χ2v) is 8.34. The zero-order chi connectivity index (χ0) is 16.5. The van der Waals surface area contributed by atoms with E-state index in [1.165, 1.54) is 0 Å². The van der Waals surface area contributed by atoms with Gasteiger partial charge in [0.25, 0.3) is 0 Å². The number of ether oxygens (including phenoxy) is 2. The maximum Gasteiger partial charge on any atom is 0.237 e. The molecule has 1 spiro atoms. The molecule has 1 atom stereocenters. The summed E-state index contributed by atoms with van der Waals surface area (Å²) in [4.78, 5) is 17.6. The lowest BCUT2D eigenvalue weighted by Gasteiger charge is -2.50. The van der Waals surface area contributed by atoms with E-state index in [0.29, 0.717) is 32.2 Å². The van der Waals surface area contributed by atoms with Gasteiger partial charge in [-0.05, 0) is 12.5 Å². The number of nitrogens with zero attached hydrogens (tertiary/aromatic N) is 2. The third kappa shape index (κ3) is 3.64. The highest BCUT2D eigenvalue weighted by Crippen LogP contribution is 2.40. The first-order valence-corrected chi connectivity index (χ1v) is 9.57. The van der Waals surface area contributed by atoms with Gasteiger partial charge in [-0.1, -0.05) is 6.07 Å². The molecule has 0 aromatic carbocycles. The summed E-state index contributed by atoms with van der Waals surface area (Å²) in [6.07, 6.45) is 3.60. The summed E-state index contributed by atoms with van der Waals surface area (Å²) in [5, 5.41) is 0. The third-order valence-corrected chi connectivity index (χ3v) is 5.10. The molecule has 0 bridgehead atoms. The molecule has 1 amide bonds. The Morgan fingerprint density at radius 2 is 2.26 bits per heavy atom. The van der Waals surface area contributed by atoms with Gasteiger partial charge in [0, 0.05) is 31.0 Å². The lowest BCUT2D eigenvalue weighted by atomic mass is 9.81. The van der Waals surface area contributed by atoms with Crippen LogP contribution in [0, 0.1) is 5.92 Å². The molecular weight excluding hydrogens is 320 g/mol. The number of amides is 1. The molecule has 0 saturated carbocycles. The number of hydrogen-bond acceptors (Lipinski definition) is 6. The van der Waals surface area contributed by atoms with Gasteiger partial charge in [0.15, 0.2) is 9.84 Å². The fourth-order valence-electron chi connectivity index (χ4n) is 3.08. The van der Waals surface area contributed by atoms with E-state index in [4.69, 9.17) is 9.47 Å². The Bertz CT molecular complexity index is 670. The number of pyridine rings is 1. The van der Waals surface area contributed by atoms with Crippen molar-refractivity contribution in [1.29, 1.82) is 0 Å².